The fourth-order valence-corrected chi connectivity index (χ4v) is 4.58. The van der Waals surface area contributed by atoms with Gasteiger partial charge < -0.3 is 5.32 Å². The minimum atomic E-state index is -1.03. The third kappa shape index (κ3) is 1.93. The summed E-state index contributed by atoms with van der Waals surface area (Å²) in [6.07, 6.45) is 0. The molecule has 6 heteroatoms. The largest absolute Gasteiger partial charge is 0.323 e. The normalized spacial score (nSPS) is 22.6. The first-order chi connectivity index (χ1) is 11.0. The number of anilines is 2. The highest BCUT2D eigenvalue weighted by Crippen LogP contribution is 2.53. The number of fused-ring (bicyclic) bond motifs is 2. The Balaban J connectivity index is 1.93. The van der Waals surface area contributed by atoms with Crippen molar-refractivity contribution in [3.8, 4) is 0 Å². The predicted octanol–water partition coefficient (Wildman–Crippen LogP) is 3.53. The Bertz CT molecular complexity index is 854. The summed E-state index contributed by atoms with van der Waals surface area (Å²) in [7, 11) is 0. The number of halogens is 1. The Kier molecular flexibility index (Phi) is 3.18. The van der Waals surface area contributed by atoms with Crippen molar-refractivity contribution >= 4 is 46.6 Å². The van der Waals surface area contributed by atoms with Crippen LogP contribution >= 0.6 is 23.4 Å². The third-order valence-electron chi connectivity index (χ3n) is 4.22. The predicted molar refractivity (Wildman–Crippen MR) is 92.9 cm³/mol. The Morgan fingerprint density at radius 1 is 1.22 bits per heavy atom. The van der Waals surface area contributed by atoms with E-state index in [0.717, 1.165) is 16.8 Å². The maximum atomic E-state index is 12.8. The molecule has 0 bridgehead atoms. The highest BCUT2D eigenvalue weighted by Gasteiger charge is 2.58. The number of carbonyl (C=O) groups excluding carboxylic acids is 2. The minimum absolute atomic E-state index is 0.0800. The van der Waals surface area contributed by atoms with Crippen LogP contribution in [0.2, 0.25) is 5.02 Å². The van der Waals surface area contributed by atoms with Gasteiger partial charge in [-0.05, 0) is 36.8 Å². The third-order valence-corrected chi connectivity index (χ3v) is 6.04. The van der Waals surface area contributed by atoms with Crippen LogP contribution in [0, 0.1) is 6.92 Å². The molecule has 23 heavy (non-hydrogen) atoms. The Hall–Kier alpha value is -1.98. The van der Waals surface area contributed by atoms with Crippen molar-refractivity contribution in [1.82, 2.24) is 0 Å². The van der Waals surface area contributed by atoms with Crippen molar-refractivity contribution in [3.63, 3.8) is 0 Å². The maximum absolute atomic E-state index is 12.8. The molecule has 0 saturated carbocycles. The summed E-state index contributed by atoms with van der Waals surface area (Å²) < 4.78 is 0. The van der Waals surface area contributed by atoms with Gasteiger partial charge in [0.05, 0.1) is 5.75 Å². The number of nitrogens with zero attached hydrogens (tertiary/aromatic N) is 1. The summed E-state index contributed by atoms with van der Waals surface area (Å²) in [6.45, 7) is 1.88. The number of aryl methyl sites for hydroxylation is 1. The van der Waals surface area contributed by atoms with Crippen LogP contribution in [0.15, 0.2) is 42.5 Å². The lowest BCUT2D eigenvalue weighted by Crippen LogP contribution is -2.47. The van der Waals surface area contributed by atoms with Crippen molar-refractivity contribution in [2.45, 2.75) is 11.8 Å². The fraction of sp³-hybridized carbons (Fsp3) is 0.176. The lowest BCUT2D eigenvalue weighted by Gasteiger charge is -2.32. The molecule has 2 aliphatic rings. The van der Waals surface area contributed by atoms with Gasteiger partial charge >= 0.3 is 0 Å². The van der Waals surface area contributed by atoms with E-state index in [9.17, 15) is 9.59 Å². The van der Waals surface area contributed by atoms with E-state index in [-0.39, 0.29) is 17.6 Å². The molecule has 2 aromatic carbocycles. The molecule has 0 radical (unpaired) electrons. The topological polar surface area (TPSA) is 49.4 Å². The standard InChI is InChI=1S/C17H13ClN2O2S/c1-10-8-11(6-7-13(10)18)20-15(21)9-23-17(20)12-4-2-3-5-14(12)19-16(17)22/h2-8H,9H2,1H3,(H,19,22)/t17-/m0/s1. The van der Waals surface area contributed by atoms with Crippen molar-refractivity contribution in [1.29, 1.82) is 0 Å². The molecular formula is C17H13ClN2O2S. The summed E-state index contributed by atoms with van der Waals surface area (Å²) in [6, 6.07) is 12.9. The van der Waals surface area contributed by atoms with Crippen molar-refractivity contribution in [2.24, 2.45) is 0 Å². The number of carbonyl (C=O) groups is 2. The molecule has 1 atom stereocenters. The molecule has 2 aromatic rings. The van der Waals surface area contributed by atoms with E-state index in [4.69, 9.17) is 11.6 Å². The number of amides is 2. The molecule has 1 saturated heterocycles. The molecule has 0 unspecified atom stereocenters. The van der Waals surface area contributed by atoms with Gasteiger partial charge in [-0.2, -0.15) is 0 Å². The van der Waals surface area contributed by atoms with E-state index in [1.807, 2.05) is 37.3 Å². The number of para-hydroxylation sites is 1. The van der Waals surface area contributed by atoms with E-state index in [1.165, 1.54) is 11.8 Å². The van der Waals surface area contributed by atoms with Crippen LogP contribution in [0.25, 0.3) is 0 Å². The average molecular weight is 345 g/mol. The zero-order valence-electron chi connectivity index (χ0n) is 12.3. The maximum Gasteiger partial charge on any atom is 0.266 e. The molecule has 1 spiro atoms. The number of benzene rings is 2. The number of nitrogens with one attached hydrogen (secondary N) is 1. The monoisotopic (exact) mass is 344 g/mol. The van der Waals surface area contributed by atoms with Crippen LogP contribution < -0.4 is 10.2 Å². The highest BCUT2D eigenvalue weighted by molar-refractivity contribution is 8.02. The Morgan fingerprint density at radius 3 is 2.78 bits per heavy atom. The summed E-state index contributed by atoms with van der Waals surface area (Å²) in [4.78, 5) is 25.9. The van der Waals surface area contributed by atoms with Gasteiger partial charge in [-0.15, -0.1) is 11.8 Å². The SMILES string of the molecule is Cc1cc(N2C(=O)CS[C@@]23C(=O)Nc2ccccc23)ccc1Cl. The van der Waals surface area contributed by atoms with Gasteiger partial charge in [0.15, 0.2) is 0 Å². The first-order valence-corrected chi connectivity index (χ1v) is 8.54. The number of rotatable bonds is 1. The fourth-order valence-electron chi connectivity index (χ4n) is 3.15. The lowest BCUT2D eigenvalue weighted by molar-refractivity contribution is -0.122. The second-order valence-corrected chi connectivity index (χ2v) is 7.17. The van der Waals surface area contributed by atoms with E-state index >= 15 is 0 Å². The first-order valence-electron chi connectivity index (χ1n) is 7.18. The van der Waals surface area contributed by atoms with Crippen LogP contribution in [0.3, 0.4) is 0 Å². The highest BCUT2D eigenvalue weighted by atomic mass is 35.5. The second-order valence-electron chi connectivity index (χ2n) is 5.60. The van der Waals surface area contributed by atoms with Crippen LogP contribution in [0.4, 0.5) is 11.4 Å². The Morgan fingerprint density at radius 2 is 2.00 bits per heavy atom. The van der Waals surface area contributed by atoms with Crippen LogP contribution in [-0.4, -0.2) is 17.6 Å². The molecular weight excluding hydrogens is 332 g/mol. The van der Waals surface area contributed by atoms with Crippen molar-refractivity contribution < 1.29 is 9.59 Å². The molecule has 116 valence electrons. The number of thioether (sulfide) groups is 1. The molecule has 0 aliphatic carbocycles. The van der Waals surface area contributed by atoms with Gasteiger partial charge in [0.2, 0.25) is 10.8 Å². The van der Waals surface area contributed by atoms with Crippen molar-refractivity contribution in [2.75, 3.05) is 16.0 Å². The molecule has 4 rings (SSSR count). The average Bonchev–Trinajstić information content (AvgIpc) is 3.02. The summed E-state index contributed by atoms with van der Waals surface area (Å²) in [5.41, 5.74) is 3.15. The second kappa shape index (κ2) is 5.01. The van der Waals surface area contributed by atoms with Gasteiger partial charge in [-0.3, -0.25) is 14.5 Å². The van der Waals surface area contributed by atoms with E-state index < -0.39 is 4.87 Å². The smallest absolute Gasteiger partial charge is 0.266 e. The quantitative estimate of drug-likeness (QED) is 0.861. The molecule has 0 aromatic heterocycles. The Labute approximate surface area is 142 Å². The van der Waals surface area contributed by atoms with Gasteiger partial charge in [-0.25, -0.2) is 0 Å². The van der Waals surface area contributed by atoms with Gasteiger partial charge in [0.25, 0.3) is 5.91 Å². The van der Waals surface area contributed by atoms with Crippen LogP contribution in [-0.2, 0) is 14.5 Å². The zero-order chi connectivity index (χ0) is 16.2. The summed E-state index contributed by atoms with van der Waals surface area (Å²) in [5.74, 6) is 0.00871. The van der Waals surface area contributed by atoms with Crippen LogP contribution in [0.5, 0.6) is 0 Å². The molecule has 2 amide bonds. The minimum Gasteiger partial charge on any atom is -0.323 e. The first kappa shape index (κ1) is 14.6. The van der Waals surface area contributed by atoms with E-state index in [0.29, 0.717) is 10.7 Å². The summed E-state index contributed by atoms with van der Waals surface area (Å²) >= 11 is 7.45. The van der Waals surface area contributed by atoms with Gasteiger partial charge in [-0.1, -0.05) is 29.8 Å². The zero-order valence-corrected chi connectivity index (χ0v) is 13.9. The molecule has 1 N–H and O–H groups in total. The number of hydrogen-bond donors (Lipinski definition) is 1. The molecule has 2 aliphatic heterocycles. The van der Waals surface area contributed by atoms with Crippen LogP contribution in [0.1, 0.15) is 11.1 Å². The lowest BCUT2D eigenvalue weighted by atomic mass is 10.0. The van der Waals surface area contributed by atoms with E-state index in [1.54, 1.807) is 17.0 Å². The van der Waals surface area contributed by atoms with Crippen molar-refractivity contribution in [3.05, 3.63) is 58.6 Å². The molecule has 1 fully saturated rings. The van der Waals surface area contributed by atoms with E-state index in [2.05, 4.69) is 5.32 Å². The molecule has 4 nitrogen and oxygen atoms in total. The number of hydrogen-bond acceptors (Lipinski definition) is 3. The van der Waals surface area contributed by atoms with Gasteiger partial charge in [0, 0.05) is 22.0 Å². The van der Waals surface area contributed by atoms with Gasteiger partial charge in [0.1, 0.15) is 0 Å². The summed E-state index contributed by atoms with van der Waals surface area (Å²) in [5, 5.41) is 3.53. The molecule has 2 heterocycles.